The van der Waals surface area contributed by atoms with E-state index in [1.54, 1.807) is 42.7 Å². The number of fused-ring (bicyclic) bond motifs is 2. The fourth-order valence-electron chi connectivity index (χ4n) is 9.97. The molecule has 60 heavy (non-hydrogen) atoms. The first-order chi connectivity index (χ1) is 29.0. The summed E-state index contributed by atoms with van der Waals surface area (Å²) in [5.41, 5.74) is 7.02. The molecule has 3 fully saturated rings. The quantitative estimate of drug-likeness (QED) is 0.292. The smallest absolute Gasteiger partial charge is 0.317 e. The number of aryl methyl sites for hydroxylation is 1. The third kappa shape index (κ3) is 8.08. The number of pyridine rings is 1. The predicted molar refractivity (Wildman–Crippen MR) is 227 cm³/mol. The Kier molecular flexibility index (Phi) is 11.9. The lowest BCUT2D eigenvalue weighted by Crippen LogP contribution is -2.52. The first kappa shape index (κ1) is 41.3. The molecule has 320 valence electrons. The van der Waals surface area contributed by atoms with Gasteiger partial charge >= 0.3 is 6.03 Å². The second-order valence-electron chi connectivity index (χ2n) is 17.1. The van der Waals surface area contributed by atoms with Crippen LogP contribution in [0.1, 0.15) is 71.6 Å². The molecule has 0 radical (unpaired) electrons. The van der Waals surface area contributed by atoms with Crippen LogP contribution in [0.25, 0.3) is 11.1 Å². The van der Waals surface area contributed by atoms with Crippen molar-refractivity contribution in [1.82, 2.24) is 34.8 Å². The second-order valence-corrected chi connectivity index (χ2v) is 17.1. The molecule has 2 atom stereocenters. The maximum atomic E-state index is 13.4. The normalized spacial score (nSPS) is 21.5. The number of anilines is 1. The number of piperazine rings is 1. The monoisotopic (exact) mass is 822 g/mol. The Morgan fingerprint density at radius 1 is 0.883 bits per heavy atom. The third-order valence-corrected chi connectivity index (χ3v) is 13.5. The highest BCUT2D eigenvalue weighted by Crippen LogP contribution is 2.39. The maximum Gasteiger partial charge on any atom is 0.317 e. The zero-order valence-electron chi connectivity index (χ0n) is 35.6. The Hall–Kier alpha value is -5.41. The Morgan fingerprint density at radius 3 is 2.32 bits per heavy atom. The number of nitrogens with zero attached hydrogens (tertiary/aromatic N) is 6. The highest BCUT2D eigenvalue weighted by atomic mass is 16.5. The second kappa shape index (κ2) is 17.3. The van der Waals surface area contributed by atoms with E-state index in [1.165, 1.54) is 0 Å². The summed E-state index contributed by atoms with van der Waals surface area (Å²) >= 11 is 0. The minimum Gasteiger partial charge on any atom is -0.496 e. The molecule has 15 nitrogen and oxygen atoms in total. The van der Waals surface area contributed by atoms with E-state index in [4.69, 9.17) is 9.47 Å². The van der Waals surface area contributed by atoms with Crippen LogP contribution in [-0.2, 0) is 42.7 Å². The lowest BCUT2D eigenvalue weighted by Gasteiger charge is -2.41. The van der Waals surface area contributed by atoms with E-state index < -0.39 is 6.04 Å². The lowest BCUT2D eigenvalue weighted by atomic mass is 9.91. The van der Waals surface area contributed by atoms with Crippen LogP contribution in [0.5, 0.6) is 11.5 Å². The predicted octanol–water partition coefficient (Wildman–Crippen LogP) is 3.34. The third-order valence-electron chi connectivity index (χ3n) is 13.5. The molecule has 0 saturated carbocycles. The van der Waals surface area contributed by atoms with Crippen molar-refractivity contribution in [2.45, 2.75) is 77.2 Å². The minimum absolute atomic E-state index is 0.0920. The van der Waals surface area contributed by atoms with Gasteiger partial charge < -0.3 is 39.0 Å². The number of urea groups is 1. The van der Waals surface area contributed by atoms with Crippen LogP contribution in [0, 0.1) is 5.92 Å². The highest BCUT2D eigenvalue weighted by Gasteiger charge is 2.39. The molecule has 15 heteroatoms. The average Bonchev–Trinajstić information content (AvgIpc) is 3.59. The Balaban J connectivity index is 0.849. The van der Waals surface area contributed by atoms with Crippen molar-refractivity contribution in [1.29, 1.82) is 0 Å². The van der Waals surface area contributed by atoms with Gasteiger partial charge in [-0.15, -0.1) is 0 Å². The van der Waals surface area contributed by atoms with Crippen LogP contribution in [0.2, 0.25) is 0 Å². The molecule has 1 unspecified atom stereocenters. The summed E-state index contributed by atoms with van der Waals surface area (Å²) < 4.78 is 13.6. The van der Waals surface area contributed by atoms with Gasteiger partial charge in [-0.1, -0.05) is 6.07 Å². The largest absolute Gasteiger partial charge is 0.496 e. The van der Waals surface area contributed by atoms with Gasteiger partial charge in [-0.2, -0.15) is 0 Å². The van der Waals surface area contributed by atoms with Crippen molar-refractivity contribution in [3.8, 4) is 22.6 Å². The molecular weight excluding hydrogens is 765 g/mol. The van der Waals surface area contributed by atoms with Crippen molar-refractivity contribution in [2.75, 3.05) is 72.0 Å². The first-order valence-electron chi connectivity index (χ1n) is 21.4. The van der Waals surface area contributed by atoms with Crippen molar-refractivity contribution in [3.63, 3.8) is 0 Å². The van der Waals surface area contributed by atoms with Gasteiger partial charge in [0.05, 0.1) is 26.3 Å². The molecular formula is C45H58N8O7. The molecule has 2 N–H and O–H groups in total. The first-order valence-corrected chi connectivity index (χ1v) is 21.4. The van der Waals surface area contributed by atoms with Gasteiger partial charge in [-0.25, -0.2) is 4.79 Å². The van der Waals surface area contributed by atoms with Gasteiger partial charge in [-0.3, -0.25) is 29.4 Å². The average molecular weight is 823 g/mol. The summed E-state index contributed by atoms with van der Waals surface area (Å²) in [5, 5.41) is 5.06. The van der Waals surface area contributed by atoms with Gasteiger partial charge in [0.25, 0.3) is 11.5 Å². The number of carbonyl (C=O) groups is 4. The van der Waals surface area contributed by atoms with Crippen LogP contribution in [0.15, 0.2) is 41.3 Å². The number of rotatable bonds is 10. The molecule has 0 bridgehead atoms. The molecule has 8 rings (SSSR count). The number of piperidine rings is 2. The van der Waals surface area contributed by atoms with Gasteiger partial charge in [-0.05, 0) is 92.4 Å². The Bertz CT molecular complexity index is 2210. The number of amides is 5. The van der Waals surface area contributed by atoms with Crippen LogP contribution in [-0.4, -0.2) is 127 Å². The number of hydrogen-bond donors (Lipinski definition) is 2. The van der Waals surface area contributed by atoms with E-state index in [9.17, 15) is 24.0 Å². The molecule has 0 aliphatic carbocycles. The molecule has 5 aliphatic rings. The van der Waals surface area contributed by atoms with E-state index in [0.29, 0.717) is 55.6 Å². The number of benzene rings is 2. The minimum atomic E-state index is -0.601. The number of hydrogen-bond acceptors (Lipinski definition) is 10. The van der Waals surface area contributed by atoms with Crippen LogP contribution in [0.3, 0.4) is 0 Å². The fraction of sp³-hybridized carbons (Fsp3) is 0.533. The van der Waals surface area contributed by atoms with E-state index in [-0.39, 0.29) is 42.3 Å². The van der Waals surface area contributed by atoms with Crippen LogP contribution < -0.4 is 30.6 Å². The van der Waals surface area contributed by atoms with E-state index in [1.807, 2.05) is 18.3 Å². The SMILES string of the molecule is CNC(=O)N1CCc2c(-c3cc(OC)c(CN4CCN(CCC5CCN(c6ccc7c(c6)C(=O)N(C6CCC(=O)NC6=O)C7)CC5)C[C@H]4C)c(OC)c3)cn(C)c(=O)c2C1. The summed E-state index contributed by atoms with van der Waals surface area (Å²) in [6.45, 7) is 10.0. The summed E-state index contributed by atoms with van der Waals surface area (Å²) in [6.07, 6.45) is 6.45. The zero-order chi connectivity index (χ0) is 42.2. The molecule has 0 spiro atoms. The molecule has 6 heterocycles. The zero-order valence-corrected chi connectivity index (χ0v) is 35.6. The van der Waals surface area contributed by atoms with Crippen LogP contribution >= 0.6 is 0 Å². The number of nitrogens with one attached hydrogen (secondary N) is 2. The fourth-order valence-corrected chi connectivity index (χ4v) is 9.97. The van der Waals surface area contributed by atoms with Crippen molar-refractivity contribution in [2.24, 2.45) is 13.0 Å². The van der Waals surface area contributed by atoms with E-state index in [2.05, 4.69) is 50.5 Å². The van der Waals surface area contributed by atoms with Gasteiger partial charge in [0.2, 0.25) is 11.8 Å². The summed E-state index contributed by atoms with van der Waals surface area (Å²) in [5.74, 6) is 1.35. The molecule has 3 aromatic rings. The molecule has 5 amide bonds. The maximum absolute atomic E-state index is 13.4. The molecule has 5 aliphatic heterocycles. The molecule has 3 saturated heterocycles. The number of imide groups is 1. The van der Waals surface area contributed by atoms with Gasteiger partial charge in [0, 0.05) is 107 Å². The number of methoxy groups -OCH3 is 2. The van der Waals surface area contributed by atoms with Crippen molar-refractivity contribution < 1.29 is 28.7 Å². The lowest BCUT2D eigenvalue weighted by molar-refractivity contribution is -0.136. The number of ether oxygens (including phenoxy) is 2. The number of carbonyl (C=O) groups excluding carboxylic acids is 4. The number of aromatic nitrogens is 1. The molecule has 1 aromatic heterocycles. The van der Waals surface area contributed by atoms with Crippen molar-refractivity contribution >= 4 is 29.4 Å². The topological polar surface area (TPSA) is 149 Å². The molecule has 2 aromatic carbocycles. The highest BCUT2D eigenvalue weighted by molar-refractivity contribution is 6.05. The summed E-state index contributed by atoms with van der Waals surface area (Å²) in [6, 6.07) is 9.77. The Morgan fingerprint density at radius 2 is 1.63 bits per heavy atom. The summed E-state index contributed by atoms with van der Waals surface area (Å²) in [7, 11) is 6.74. The van der Waals surface area contributed by atoms with Crippen molar-refractivity contribution in [3.05, 3.63) is 74.7 Å². The van der Waals surface area contributed by atoms with E-state index >= 15 is 0 Å². The standard InChI is InChI=1S/C45H58N8O7/c1-28-23-49(14-10-29-11-15-50(16-12-29)32-7-6-30-24-53(44(57)34(30)22-32)38-8-9-41(54)47-42(38)55)18-19-51(28)27-37-39(59-4)20-31(21-40(37)60-5)35-25-48(3)43(56)36-26-52(45(58)46-2)17-13-33(35)36/h6-7,20-22,25,28-29,38H,8-19,23-24,26-27H2,1-5H3,(H,46,58)(H,47,54,55)/t28-,38?/m1/s1. The van der Waals surface area contributed by atoms with Gasteiger partial charge in [0.1, 0.15) is 17.5 Å². The summed E-state index contributed by atoms with van der Waals surface area (Å²) in [4.78, 5) is 73.9. The van der Waals surface area contributed by atoms with Crippen LogP contribution in [0.4, 0.5) is 10.5 Å². The van der Waals surface area contributed by atoms with E-state index in [0.717, 1.165) is 104 Å². The van der Waals surface area contributed by atoms with Gasteiger partial charge in [0.15, 0.2) is 0 Å². The Labute approximate surface area is 351 Å².